The molecule has 0 spiro atoms. The van der Waals surface area contributed by atoms with Gasteiger partial charge in [-0.1, -0.05) is 48.5 Å². The molecule has 5 heteroatoms. The molecule has 2 aromatic heterocycles. The van der Waals surface area contributed by atoms with Crippen molar-refractivity contribution in [3.05, 3.63) is 90.8 Å². The summed E-state index contributed by atoms with van der Waals surface area (Å²) in [7, 11) is 0. The molecule has 1 fully saturated rings. The summed E-state index contributed by atoms with van der Waals surface area (Å²) in [6.45, 7) is 4.60. The van der Waals surface area contributed by atoms with Crippen molar-refractivity contribution in [2.24, 2.45) is 0 Å². The Morgan fingerprint density at radius 3 is 2.32 bits per heavy atom. The maximum absolute atomic E-state index is 13.2. The number of benzene rings is 2. The molecule has 0 aliphatic carbocycles. The molecule has 1 aliphatic rings. The third-order valence-electron chi connectivity index (χ3n) is 6.05. The van der Waals surface area contributed by atoms with Gasteiger partial charge in [-0.25, -0.2) is 0 Å². The number of pyridine rings is 1. The summed E-state index contributed by atoms with van der Waals surface area (Å²) in [5.41, 5.74) is 4.59. The number of carbonyl (C=O) groups excluding carboxylic acids is 1. The molecule has 0 atom stereocenters. The lowest BCUT2D eigenvalue weighted by molar-refractivity contribution is -0.133. The van der Waals surface area contributed by atoms with Crippen LogP contribution < -0.4 is 0 Å². The first-order valence-electron chi connectivity index (χ1n) is 10.8. The number of aromatic nitrogens is 2. The van der Waals surface area contributed by atoms with Crippen molar-refractivity contribution in [1.29, 1.82) is 0 Å². The highest BCUT2D eigenvalue weighted by Gasteiger charge is 2.22. The van der Waals surface area contributed by atoms with E-state index >= 15 is 0 Å². The zero-order valence-corrected chi connectivity index (χ0v) is 17.5. The van der Waals surface area contributed by atoms with Gasteiger partial charge < -0.3 is 9.47 Å². The summed E-state index contributed by atoms with van der Waals surface area (Å²) in [6.07, 6.45) is 3.67. The number of hydrogen-bond acceptors (Lipinski definition) is 3. The Kier molecular flexibility index (Phi) is 5.50. The molecule has 3 heterocycles. The first kappa shape index (κ1) is 19.5. The lowest BCUT2D eigenvalue weighted by Gasteiger charge is -2.35. The number of piperazine rings is 1. The highest BCUT2D eigenvalue weighted by Crippen LogP contribution is 2.28. The second-order valence-corrected chi connectivity index (χ2v) is 8.05. The average Bonchev–Trinajstić information content (AvgIpc) is 3.19. The predicted molar refractivity (Wildman–Crippen MR) is 123 cm³/mol. The molecule has 31 heavy (non-hydrogen) atoms. The van der Waals surface area contributed by atoms with Gasteiger partial charge in [-0.3, -0.25) is 14.7 Å². The Balaban J connectivity index is 1.31. The van der Waals surface area contributed by atoms with Crippen LogP contribution in [0.2, 0.25) is 0 Å². The fraction of sp³-hybridized carbons (Fsp3) is 0.231. The van der Waals surface area contributed by atoms with E-state index in [1.807, 2.05) is 47.6 Å². The molecule has 0 saturated carbocycles. The number of amides is 1. The molecule has 1 saturated heterocycles. The van der Waals surface area contributed by atoms with E-state index in [-0.39, 0.29) is 5.91 Å². The molecule has 2 aromatic carbocycles. The summed E-state index contributed by atoms with van der Waals surface area (Å²) in [6, 6.07) is 24.9. The Bertz CT molecular complexity index is 1160. The van der Waals surface area contributed by atoms with Crippen molar-refractivity contribution in [2.75, 3.05) is 26.2 Å². The summed E-state index contributed by atoms with van der Waals surface area (Å²) in [5, 5.41) is 1.16. The minimum absolute atomic E-state index is 0.182. The van der Waals surface area contributed by atoms with Gasteiger partial charge in [0.05, 0.1) is 0 Å². The van der Waals surface area contributed by atoms with Crippen molar-refractivity contribution in [2.45, 2.75) is 13.1 Å². The molecule has 1 amide bonds. The fourth-order valence-corrected chi connectivity index (χ4v) is 4.37. The minimum atomic E-state index is 0.182. The quantitative estimate of drug-likeness (QED) is 0.499. The Morgan fingerprint density at radius 1 is 0.839 bits per heavy atom. The average molecular weight is 411 g/mol. The van der Waals surface area contributed by atoms with E-state index in [0.717, 1.165) is 54.9 Å². The van der Waals surface area contributed by atoms with E-state index in [1.165, 1.54) is 5.56 Å². The number of para-hydroxylation sites is 1. The fourth-order valence-electron chi connectivity index (χ4n) is 4.37. The molecular weight excluding hydrogens is 384 g/mol. The van der Waals surface area contributed by atoms with Gasteiger partial charge in [0.15, 0.2) is 0 Å². The number of fused-ring (bicyclic) bond motifs is 1. The molecular formula is C26H26N4O. The molecule has 0 radical (unpaired) electrons. The number of hydrogen-bond donors (Lipinski definition) is 0. The van der Waals surface area contributed by atoms with Crippen LogP contribution in [0, 0.1) is 0 Å². The predicted octanol–water partition coefficient (Wildman–Crippen LogP) is 4.05. The summed E-state index contributed by atoms with van der Waals surface area (Å²) >= 11 is 0. The zero-order valence-electron chi connectivity index (χ0n) is 17.5. The largest absolute Gasteiger partial charge is 0.339 e. The molecule has 1 aliphatic heterocycles. The van der Waals surface area contributed by atoms with Crippen molar-refractivity contribution < 1.29 is 4.79 Å². The van der Waals surface area contributed by atoms with Crippen LogP contribution in [-0.2, 0) is 17.9 Å². The summed E-state index contributed by atoms with van der Waals surface area (Å²) in [5.74, 6) is 0.182. The molecule has 4 aromatic rings. The maximum Gasteiger partial charge on any atom is 0.242 e. The van der Waals surface area contributed by atoms with Gasteiger partial charge in [-0.05, 0) is 35.4 Å². The first-order valence-corrected chi connectivity index (χ1v) is 10.8. The van der Waals surface area contributed by atoms with E-state index in [4.69, 9.17) is 0 Å². The Hall–Kier alpha value is -3.44. The lowest BCUT2D eigenvalue weighted by Crippen LogP contribution is -2.49. The highest BCUT2D eigenvalue weighted by molar-refractivity contribution is 5.89. The lowest BCUT2D eigenvalue weighted by atomic mass is 10.1. The van der Waals surface area contributed by atoms with Crippen LogP contribution >= 0.6 is 0 Å². The van der Waals surface area contributed by atoms with E-state index in [0.29, 0.717) is 6.54 Å². The summed E-state index contributed by atoms with van der Waals surface area (Å²) in [4.78, 5) is 21.7. The van der Waals surface area contributed by atoms with E-state index < -0.39 is 0 Å². The molecule has 5 nitrogen and oxygen atoms in total. The highest BCUT2D eigenvalue weighted by atomic mass is 16.2. The second kappa shape index (κ2) is 8.74. The second-order valence-electron chi connectivity index (χ2n) is 8.05. The van der Waals surface area contributed by atoms with Crippen molar-refractivity contribution in [3.63, 3.8) is 0 Å². The number of nitrogens with zero attached hydrogens (tertiary/aromatic N) is 4. The van der Waals surface area contributed by atoms with Crippen LogP contribution in [0.25, 0.3) is 22.2 Å². The number of carbonyl (C=O) groups is 1. The maximum atomic E-state index is 13.2. The molecule has 0 N–H and O–H groups in total. The van der Waals surface area contributed by atoms with Crippen molar-refractivity contribution in [3.8, 4) is 11.3 Å². The van der Waals surface area contributed by atoms with E-state index in [2.05, 4.69) is 56.9 Å². The first-order chi connectivity index (χ1) is 15.3. The smallest absolute Gasteiger partial charge is 0.242 e. The van der Waals surface area contributed by atoms with Crippen molar-refractivity contribution in [1.82, 2.24) is 19.4 Å². The normalized spacial score (nSPS) is 14.8. The van der Waals surface area contributed by atoms with Crippen LogP contribution in [0.5, 0.6) is 0 Å². The molecule has 0 unspecified atom stereocenters. The van der Waals surface area contributed by atoms with Gasteiger partial charge >= 0.3 is 0 Å². The van der Waals surface area contributed by atoms with Crippen LogP contribution in [0.3, 0.4) is 0 Å². The van der Waals surface area contributed by atoms with Crippen LogP contribution in [-0.4, -0.2) is 51.4 Å². The van der Waals surface area contributed by atoms with E-state index in [1.54, 1.807) is 0 Å². The number of rotatable bonds is 5. The minimum Gasteiger partial charge on any atom is -0.339 e. The molecule has 156 valence electrons. The van der Waals surface area contributed by atoms with Gasteiger partial charge in [0.25, 0.3) is 0 Å². The van der Waals surface area contributed by atoms with Gasteiger partial charge in [0, 0.05) is 61.7 Å². The monoisotopic (exact) mass is 410 g/mol. The van der Waals surface area contributed by atoms with Crippen molar-refractivity contribution >= 4 is 16.8 Å². The third kappa shape index (κ3) is 4.23. The third-order valence-corrected chi connectivity index (χ3v) is 6.05. The van der Waals surface area contributed by atoms with Crippen LogP contribution in [0.1, 0.15) is 5.56 Å². The molecule has 5 rings (SSSR count). The van der Waals surface area contributed by atoms with Gasteiger partial charge in [-0.15, -0.1) is 0 Å². The Labute approximate surface area is 182 Å². The zero-order chi connectivity index (χ0) is 21.0. The summed E-state index contributed by atoms with van der Waals surface area (Å²) < 4.78 is 2.16. The van der Waals surface area contributed by atoms with Crippen LogP contribution in [0.15, 0.2) is 85.2 Å². The topological polar surface area (TPSA) is 41.4 Å². The van der Waals surface area contributed by atoms with Crippen LogP contribution in [0.4, 0.5) is 0 Å². The SMILES string of the molecule is O=C(Cn1c(-c2ccccc2)cc2ccccc21)N1CCN(Cc2ccncc2)CC1. The van der Waals surface area contributed by atoms with E-state index in [9.17, 15) is 4.79 Å². The molecule has 0 bridgehead atoms. The van der Waals surface area contributed by atoms with Gasteiger partial charge in [0.1, 0.15) is 6.54 Å². The van der Waals surface area contributed by atoms with Gasteiger partial charge in [-0.2, -0.15) is 0 Å². The van der Waals surface area contributed by atoms with Gasteiger partial charge in [0.2, 0.25) is 5.91 Å². The standard InChI is InChI=1S/C26H26N4O/c31-26(29-16-14-28(15-17-29)19-21-10-12-27-13-11-21)20-30-24-9-5-4-8-23(24)18-25(30)22-6-2-1-3-7-22/h1-13,18H,14-17,19-20H2. The Morgan fingerprint density at radius 2 is 1.55 bits per heavy atom.